The van der Waals surface area contributed by atoms with Gasteiger partial charge >= 0.3 is 0 Å². The Labute approximate surface area is 99.8 Å². The Balaban J connectivity index is 2.42. The number of amides is 1. The number of hydrogen-bond acceptors (Lipinski definition) is 2. The zero-order valence-corrected chi connectivity index (χ0v) is 11.3. The summed E-state index contributed by atoms with van der Waals surface area (Å²) in [6, 6.07) is 0. The van der Waals surface area contributed by atoms with Crippen LogP contribution in [0.15, 0.2) is 0 Å². The fraction of sp³-hybridized carbons (Fsp3) is 0.923. The second kappa shape index (κ2) is 5.67. The monoisotopic (exact) mass is 226 g/mol. The number of carbonyl (C=O) groups is 1. The van der Waals surface area contributed by atoms with Gasteiger partial charge < -0.3 is 4.90 Å². The predicted molar refractivity (Wildman–Crippen MR) is 67.4 cm³/mol. The molecule has 1 rings (SSSR count). The Morgan fingerprint density at radius 1 is 1.12 bits per heavy atom. The molecule has 16 heavy (non-hydrogen) atoms. The maximum atomic E-state index is 11.7. The van der Waals surface area contributed by atoms with Crippen molar-refractivity contribution in [3.63, 3.8) is 0 Å². The minimum atomic E-state index is 0.278. The summed E-state index contributed by atoms with van der Waals surface area (Å²) in [6.07, 6.45) is 2.83. The number of carbonyl (C=O) groups excluding carboxylic acids is 1. The van der Waals surface area contributed by atoms with Gasteiger partial charge in [-0.15, -0.1) is 0 Å². The highest BCUT2D eigenvalue weighted by Gasteiger charge is 2.29. The Bertz CT molecular complexity index is 230. The molecule has 0 aromatic rings. The number of nitrogens with zero attached hydrogens (tertiary/aromatic N) is 2. The third kappa shape index (κ3) is 3.21. The molecule has 0 saturated carbocycles. The molecule has 1 aliphatic heterocycles. The molecule has 0 N–H and O–H groups in total. The summed E-state index contributed by atoms with van der Waals surface area (Å²) >= 11 is 0. The molecule has 1 aliphatic rings. The summed E-state index contributed by atoms with van der Waals surface area (Å²) in [5.41, 5.74) is 0.278. The quantitative estimate of drug-likeness (QED) is 0.733. The van der Waals surface area contributed by atoms with E-state index in [9.17, 15) is 4.79 Å². The highest BCUT2D eigenvalue weighted by Crippen LogP contribution is 2.20. The average molecular weight is 226 g/mol. The Hall–Kier alpha value is -0.570. The van der Waals surface area contributed by atoms with Crippen molar-refractivity contribution in [2.24, 2.45) is 0 Å². The van der Waals surface area contributed by atoms with Crippen LogP contribution < -0.4 is 0 Å². The molecule has 0 unspecified atom stereocenters. The molecule has 0 aliphatic carbocycles. The van der Waals surface area contributed by atoms with Gasteiger partial charge in [0.25, 0.3) is 0 Å². The largest absolute Gasteiger partial charge is 0.340 e. The van der Waals surface area contributed by atoms with E-state index in [0.29, 0.717) is 12.3 Å². The van der Waals surface area contributed by atoms with Crippen molar-refractivity contribution in [1.82, 2.24) is 9.80 Å². The van der Waals surface area contributed by atoms with Crippen LogP contribution in [0, 0.1) is 0 Å². The Kier molecular flexibility index (Phi) is 4.78. The molecule has 0 spiro atoms. The van der Waals surface area contributed by atoms with Crippen LogP contribution in [-0.4, -0.2) is 47.4 Å². The zero-order chi connectivity index (χ0) is 12.2. The summed E-state index contributed by atoms with van der Waals surface area (Å²) in [6.45, 7) is 12.7. The lowest BCUT2D eigenvalue weighted by Gasteiger charge is -2.43. The van der Waals surface area contributed by atoms with E-state index < -0.39 is 0 Å². The van der Waals surface area contributed by atoms with Crippen LogP contribution in [0.4, 0.5) is 0 Å². The standard InChI is InChI=1S/C13H26N2O/c1-5-7-12(16)14-8-10-15(11-9-14)13(3,4)6-2/h5-11H2,1-4H3. The van der Waals surface area contributed by atoms with E-state index in [1.807, 2.05) is 4.90 Å². The van der Waals surface area contributed by atoms with Gasteiger partial charge in [-0.25, -0.2) is 0 Å². The van der Waals surface area contributed by atoms with E-state index >= 15 is 0 Å². The van der Waals surface area contributed by atoms with Crippen LogP contribution in [0.2, 0.25) is 0 Å². The lowest BCUT2D eigenvalue weighted by molar-refractivity contribution is -0.133. The molecule has 3 heteroatoms. The topological polar surface area (TPSA) is 23.6 Å². The van der Waals surface area contributed by atoms with E-state index in [4.69, 9.17) is 0 Å². The van der Waals surface area contributed by atoms with Gasteiger partial charge in [0.15, 0.2) is 0 Å². The van der Waals surface area contributed by atoms with E-state index in [2.05, 4.69) is 32.6 Å². The van der Waals surface area contributed by atoms with Crippen molar-refractivity contribution in [3.05, 3.63) is 0 Å². The summed E-state index contributed by atoms with van der Waals surface area (Å²) < 4.78 is 0. The van der Waals surface area contributed by atoms with Gasteiger partial charge in [-0.1, -0.05) is 13.8 Å². The third-order valence-electron chi connectivity index (χ3n) is 3.82. The van der Waals surface area contributed by atoms with Crippen molar-refractivity contribution in [1.29, 1.82) is 0 Å². The highest BCUT2D eigenvalue weighted by molar-refractivity contribution is 5.76. The van der Waals surface area contributed by atoms with E-state index in [1.165, 1.54) is 0 Å². The number of piperazine rings is 1. The molecule has 1 amide bonds. The first-order valence-electron chi connectivity index (χ1n) is 6.54. The minimum absolute atomic E-state index is 0.278. The summed E-state index contributed by atoms with van der Waals surface area (Å²) in [7, 11) is 0. The molecular formula is C13H26N2O. The predicted octanol–water partition coefficient (Wildman–Crippen LogP) is 2.12. The molecule has 0 radical (unpaired) electrons. The first-order valence-corrected chi connectivity index (χ1v) is 6.54. The Morgan fingerprint density at radius 2 is 1.69 bits per heavy atom. The average Bonchev–Trinajstić information content (AvgIpc) is 2.29. The molecule has 3 nitrogen and oxygen atoms in total. The van der Waals surface area contributed by atoms with Crippen LogP contribution in [0.3, 0.4) is 0 Å². The molecule has 0 aromatic heterocycles. The summed E-state index contributed by atoms with van der Waals surface area (Å²) in [5.74, 6) is 0.330. The lowest BCUT2D eigenvalue weighted by Crippen LogP contribution is -2.55. The molecule has 0 bridgehead atoms. The van der Waals surface area contributed by atoms with Crippen LogP contribution >= 0.6 is 0 Å². The van der Waals surface area contributed by atoms with Gasteiger partial charge in [-0.2, -0.15) is 0 Å². The van der Waals surface area contributed by atoms with Gasteiger partial charge in [-0.3, -0.25) is 9.69 Å². The van der Waals surface area contributed by atoms with E-state index in [0.717, 1.165) is 39.0 Å². The molecular weight excluding hydrogens is 200 g/mol. The van der Waals surface area contributed by atoms with Gasteiger partial charge in [0, 0.05) is 38.1 Å². The molecule has 0 atom stereocenters. The van der Waals surface area contributed by atoms with Crippen molar-refractivity contribution < 1.29 is 4.79 Å². The number of rotatable bonds is 4. The van der Waals surface area contributed by atoms with Crippen LogP contribution in [0.1, 0.15) is 47.0 Å². The molecule has 1 saturated heterocycles. The third-order valence-corrected chi connectivity index (χ3v) is 3.82. The smallest absolute Gasteiger partial charge is 0.222 e. The Morgan fingerprint density at radius 3 is 2.12 bits per heavy atom. The fourth-order valence-electron chi connectivity index (χ4n) is 2.16. The normalized spacial score (nSPS) is 18.9. The lowest BCUT2D eigenvalue weighted by atomic mass is 9.98. The van der Waals surface area contributed by atoms with Gasteiger partial charge in [0.05, 0.1) is 0 Å². The summed E-state index contributed by atoms with van der Waals surface area (Å²) in [4.78, 5) is 16.3. The number of hydrogen-bond donors (Lipinski definition) is 0. The van der Waals surface area contributed by atoms with Crippen LogP contribution in [0.5, 0.6) is 0 Å². The highest BCUT2D eigenvalue weighted by atomic mass is 16.2. The van der Waals surface area contributed by atoms with Crippen LogP contribution in [0.25, 0.3) is 0 Å². The van der Waals surface area contributed by atoms with Gasteiger partial charge in [0.2, 0.25) is 5.91 Å². The van der Waals surface area contributed by atoms with E-state index in [1.54, 1.807) is 0 Å². The summed E-state index contributed by atoms with van der Waals surface area (Å²) in [5, 5.41) is 0. The molecule has 0 aromatic carbocycles. The van der Waals surface area contributed by atoms with Gasteiger partial charge in [-0.05, 0) is 26.7 Å². The first-order chi connectivity index (χ1) is 7.51. The zero-order valence-electron chi connectivity index (χ0n) is 11.3. The first kappa shape index (κ1) is 13.5. The second-order valence-electron chi connectivity index (χ2n) is 5.28. The fourth-order valence-corrected chi connectivity index (χ4v) is 2.16. The molecule has 1 heterocycles. The van der Waals surface area contributed by atoms with Gasteiger partial charge in [0.1, 0.15) is 0 Å². The molecule has 94 valence electrons. The van der Waals surface area contributed by atoms with Crippen molar-refractivity contribution in [2.45, 2.75) is 52.5 Å². The minimum Gasteiger partial charge on any atom is -0.340 e. The van der Waals surface area contributed by atoms with E-state index in [-0.39, 0.29) is 5.54 Å². The second-order valence-corrected chi connectivity index (χ2v) is 5.28. The van der Waals surface area contributed by atoms with Crippen molar-refractivity contribution >= 4 is 5.91 Å². The SMILES string of the molecule is CCCC(=O)N1CCN(C(C)(C)CC)CC1. The maximum absolute atomic E-state index is 11.7. The van der Waals surface area contributed by atoms with Crippen molar-refractivity contribution in [3.8, 4) is 0 Å². The van der Waals surface area contributed by atoms with Crippen LogP contribution in [-0.2, 0) is 4.79 Å². The molecule has 1 fully saturated rings. The van der Waals surface area contributed by atoms with Crippen molar-refractivity contribution in [2.75, 3.05) is 26.2 Å². The maximum Gasteiger partial charge on any atom is 0.222 e.